The minimum Gasteiger partial charge on any atom is -0.398 e. The Hall–Kier alpha value is -1.77. The average molecular weight is 269 g/mol. The van der Waals surface area contributed by atoms with E-state index in [0.717, 1.165) is 11.1 Å². The van der Waals surface area contributed by atoms with Crippen LogP contribution in [0.3, 0.4) is 0 Å². The molecule has 1 aliphatic rings. The smallest absolute Gasteiger partial charge is 0.0424 e. The van der Waals surface area contributed by atoms with Crippen LogP contribution in [0.4, 0.5) is 11.4 Å². The van der Waals surface area contributed by atoms with E-state index < -0.39 is 0 Å². The van der Waals surface area contributed by atoms with Gasteiger partial charge >= 0.3 is 0 Å². The number of rotatable bonds is 2. The summed E-state index contributed by atoms with van der Waals surface area (Å²) in [5.41, 5.74) is 8.36. The van der Waals surface area contributed by atoms with Crippen molar-refractivity contribution in [3.63, 3.8) is 0 Å². The Bertz CT molecular complexity index is 619. The van der Waals surface area contributed by atoms with Crippen LogP contribution in [-0.2, 0) is 0 Å². The fourth-order valence-corrected chi connectivity index (χ4v) is 3.29. The molecule has 1 saturated carbocycles. The van der Waals surface area contributed by atoms with E-state index >= 15 is 0 Å². The molecule has 0 radical (unpaired) electrons. The number of benzene rings is 1. The molecule has 0 saturated heterocycles. The van der Waals surface area contributed by atoms with Crippen molar-refractivity contribution in [2.75, 3.05) is 11.1 Å². The largest absolute Gasteiger partial charge is 0.398 e. The highest BCUT2D eigenvalue weighted by atomic mass is 14.9. The number of aromatic nitrogens is 1. The molecular weight excluding hydrogens is 246 g/mol. The number of nitrogens with two attached hydrogens (primary N) is 1. The lowest BCUT2D eigenvalue weighted by Crippen LogP contribution is -2.38. The van der Waals surface area contributed by atoms with E-state index in [0.29, 0.717) is 11.5 Å². The van der Waals surface area contributed by atoms with Crippen molar-refractivity contribution in [2.24, 2.45) is 5.41 Å². The molecule has 20 heavy (non-hydrogen) atoms. The number of pyridine rings is 1. The topological polar surface area (TPSA) is 50.9 Å². The lowest BCUT2D eigenvalue weighted by molar-refractivity contribution is 0.217. The van der Waals surface area contributed by atoms with Crippen molar-refractivity contribution >= 4 is 22.1 Å². The van der Waals surface area contributed by atoms with Gasteiger partial charge in [-0.05, 0) is 36.5 Å². The zero-order valence-corrected chi connectivity index (χ0v) is 12.3. The molecule has 1 unspecified atom stereocenters. The first kappa shape index (κ1) is 13.2. The number of fused-ring (bicyclic) bond motifs is 1. The third-order valence-electron chi connectivity index (χ3n) is 4.69. The number of nitrogens with zero attached hydrogens (tertiary/aromatic N) is 1. The summed E-state index contributed by atoms with van der Waals surface area (Å²) in [6.07, 6.45) is 8.87. The van der Waals surface area contributed by atoms with Crippen LogP contribution in [0.15, 0.2) is 30.6 Å². The highest BCUT2D eigenvalue weighted by Crippen LogP contribution is 2.38. The Morgan fingerprint density at radius 1 is 1.20 bits per heavy atom. The maximum Gasteiger partial charge on any atom is 0.0424 e. The average Bonchev–Trinajstić information content (AvgIpc) is 2.44. The van der Waals surface area contributed by atoms with Crippen molar-refractivity contribution in [3.05, 3.63) is 30.6 Å². The highest BCUT2D eigenvalue weighted by Gasteiger charge is 2.32. The molecular formula is C17H23N3. The number of nitrogen functional groups attached to an aromatic ring is 1. The summed E-state index contributed by atoms with van der Waals surface area (Å²) in [6, 6.07) is 6.64. The summed E-state index contributed by atoms with van der Waals surface area (Å²) in [5.74, 6) is 0. The fraction of sp³-hybridized carbons (Fsp3) is 0.471. The van der Waals surface area contributed by atoms with Gasteiger partial charge in [-0.25, -0.2) is 0 Å². The first-order valence-electron chi connectivity index (χ1n) is 7.47. The molecule has 1 atom stereocenters. The van der Waals surface area contributed by atoms with E-state index in [2.05, 4.69) is 30.2 Å². The number of anilines is 2. The van der Waals surface area contributed by atoms with Crippen LogP contribution >= 0.6 is 0 Å². The van der Waals surface area contributed by atoms with E-state index in [1.54, 1.807) is 0 Å². The summed E-state index contributed by atoms with van der Waals surface area (Å²) in [7, 11) is 0. The Balaban J connectivity index is 1.97. The minimum atomic E-state index is 0.346. The van der Waals surface area contributed by atoms with E-state index in [1.165, 1.54) is 36.8 Å². The van der Waals surface area contributed by atoms with Gasteiger partial charge in [0.25, 0.3) is 0 Å². The van der Waals surface area contributed by atoms with Gasteiger partial charge in [0.1, 0.15) is 0 Å². The van der Waals surface area contributed by atoms with Crippen LogP contribution in [-0.4, -0.2) is 11.0 Å². The van der Waals surface area contributed by atoms with Crippen molar-refractivity contribution < 1.29 is 0 Å². The zero-order valence-electron chi connectivity index (χ0n) is 12.3. The van der Waals surface area contributed by atoms with Gasteiger partial charge < -0.3 is 11.1 Å². The lowest BCUT2D eigenvalue weighted by Gasteiger charge is -2.39. The third kappa shape index (κ3) is 2.33. The van der Waals surface area contributed by atoms with Gasteiger partial charge in [-0.15, -0.1) is 0 Å². The first-order chi connectivity index (χ1) is 9.58. The van der Waals surface area contributed by atoms with Crippen LogP contribution in [0.2, 0.25) is 0 Å². The molecule has 106 valence electrons. The zero-order chi connectivity index (χ0) is 14.2. The van der Waals surface area contributed by atoms with Gasteiger partial charge in [0, 0.05) is 40.6 Å². The van der Waals surface area contributed by atoms with Gasteiger partial charge in [-0.2, -0.15) is 0 Å². The molecule has 1 aromatic heterocycles. The molecule has 1 aliphatic carbocycles. The quantitative estimate of drug-likeness (QED) is 0.803. The van der Waals surface area contributed by atoms with Crippen LogP contribution in [0, 0.1) is 5.41 Å². The van der Waals surface area contributed by atoms with Crippen LogP contribution in [0.5, 0.6) is 0 Å². The molecule has 0 aliphatic heterocycles. The van der Waals surface area contributed by atoms with Gasteiger partial charge in [-0.1, -0.05) is 26.7 Å². The van der Waals surface area contributed by atoms with Crippen LogP contribution in [0.25, 0.3) is 10.8 Å². The third-order valence-corrected chi connectivity index (χ3v) is 4.69. The molecule has 2 aromatic rings. The molecule has 1 heterocycles. The Morgan fingerprint density at radius 2 is 2.05 bits per heavy atom. The summed E-state index contributed by atoms with van der Waals surface area (Å²) in [6.45, 7) is 4.73. The molecule has 3 heteroatoms. The van der Waals surface area contributed by atoms with E-state index in [4.69, 9.17) is 5.73 Å². The monoisotopic (exact) mass is 269 g/mol. The van der Waals surface area contributed by atoms with Crippen molar-refractivity contribution in [1.29, 1.82) is 0 Å². The standard InChI is InChI=1S/C17H23N3/c1-17(2)9-4-3-5-16(17)20-15-7-6-14(18)13-11-19-10-8-12(13)15/h6-8,10-11,16,20H,3-5,9,18H2,1-2H3. The van der Waals surface area contributed by atoms with Gasteiger partial charge in [0.05, 0.1) is 0 Å². The van der Waals surface area contributed by atoms with Crippen molar-refractivity contribution in [2.45, 2.75) is 45.6 Å². The molecule has 3 nitrogen and oxygen atoms in total. The predicted octanol–water partition coefficient (Wildman–Crippen LogP) is 4.20. The lowest BCUT2D eigenvalue weighted by atomic mass is 9.73. The number of hydrogen-bond acceptors (Lipinski definition) is 3. The molecule has 1 aromatic carbocycles. The Kier molecular flexibility index (Phi) is 3.28. The van der Waals surface area contributed by atoms with Crippen LogP contribution in [0.1, 0.15) is 39.5 Å². The number of nitrogens with one attached hydrogen (secondary N) is 1. The fourth-order valence-electron chi connectivity index (χ4n) is 3.29. The summed E-state index contributed by atoms with van der Waals surface area (Å²) in [5, 5.41) is 5.96. The molecule has 1 fully saturated rings. The maximum absolute atomic E-state index is 6.04. The molecule has 3 N–H and O–H groups in total. The molecule has 3 rings (SSSR count). The van der Waals surface area contributed by atoms with Crippen LogP contribution < -0.4 is 11.1 Å². The second kappa shape index (κ2) is 4.97. The maximum atomic E-state index is 6.04. The molecule has 0 spiro atoms. The summed E-state index contributed by atoms with van der Waals surface area (Å²) < 4.78 is 0. The highest BCUT2D eigenvalue weighted by molar-refractivity contribution is 6.00. The summed E-state index contributed by atoms with van der Waals surface area (Å²) >= 11 is 0. The SMILES string of the molecule is CC1(C)CCCCC1Nc1ccc(N)c2cnccc12. The Morgan fingerprint density at radius 3 is 2.85 bits per heavy atom. The van der Waals surface area contributed by atoms with Gasteiger partial charge in [-0.3, -0.25) is 4.98 Å². The van der Waals surface area contributed by atoms with Crippen molar-refractivity contribution in [1.82, 2.24) is 4.98 Å². The second-order valence-electron chi connectivity index (χ2n) is 6.55. The van der Waals surface area contributed by atoms with E-state index in [1.807, 2.05) is 24.5 Å². The molecule has 0 bridgehead atoms. The normalized spacial score (nSPS) is 21.8. The Labute approximate surface area is 120 Å². The minimum absolute atomic E-state index is 0.346. The second-order valence-corrected chi connectivity index (χ2v) is 6.55. The van der Waals surface area contributed by atoms with Gasteiger partial charge in [0.2, 0.25) is 0 Å². The van der Waals surface area contributed by atoms with E-state index in [-0.39, 0.29) is 0 Å². The predicted molar refractivity (Wildman–Crippen MR) is 85.8 cm³/mol. The van der Waals surface area contributed by atoms with Gasteiger partial charge in [0.15, 0.2) is 0 Å². The van der Waals surface area contributed by atoms with E-state index in [9.17, 15) is 0 Å². The first-order valence-corrected chi connectivity index (χ1v) is 7.47. The molecule has 0 amide bonds. The number of hydrogen-bond donors (Lipinski definition) is 2. The summed E-state index contributed by atoms with van der Waals surface area (Å²) in [4.78, 5) is 4.18. The van der Waals surface area contributed by atoms with Crippen molar-refractivity contribution in [3.8, 4) is 0 Å².